The lowest BCUT2D eigenvalue weighted by Crippen LogP contribution is -2.46. The van der Waals surface area contributed by atoms with E-state index < -0.39 is 0 Å². The Morgan fingerprint density at radius 1 is 1.30 bits per heavy atom. The summed E-state index contributed by atoms with van der Waals surface area (Å²) in [6, 6.07) is 6.62. The molecule has 1 atom stereocenters. The topological polar surface area (TPSA) is 32.3 Å². The second-order valence-corrected chi connectivity index (χ2v) is 7.00. The molecule has 1 unspecified atom stereocenters. The van der Waals surface area contributed by atoms with E-state index in [0.717, 1.165) is 31.6 Å². The van der Waals surface area contributed by atoms with Gasteiger partial charge in [0.05, 0.1) is 6.61 Å². The molecule has 0 aliphatic carbocycles. The molecule has 0 bridgehead atoms. The van der Waals surface area contributed by atoms with Gasteiger partial charge in [0.2, 0.25) is 0 Å². The first kappa shape index (κ1) is 17.5. The molecule has 1 aromatic rings. The maximum Gasteiger partial charge on any atom is 0.0610 e. The van der Waals surface area contributed by atoms with Gasteiger partial charge in [0.1, 0.15) is 0 Å². The highest BCUT2D eigenvalue weighted by Gasteiger charge is 2.21. The van der Waals surface area contributed by atoms with Crippen molar-refractivity contribution in [2.24, 2.45) is 0 Å². The van der Waals surface area contributed by atoms with E-state index >= 15 is 0 Å². The van der Waals surface area contributed by atoms with E-state index in [1.165, 1.54) is 16.0 Å². The Morgan fingerprint density at radius 3 is 2.70 bits per heavy atom. The molecule has 0 heterocycles. The van der Waals surface area contributed by atoms with Crippen LogP contribution in [0.3, 0.4) is 0 Å². The molecule has 0 aromatic heterocycles. The summed E-state index contributed by atoms with van der Waals surface area (Å²) < 4.78 is 0. The second-order valence-electron chi connectivity index (χ2n) is 5.87. The monoisotopic (exact) mass is 295 g/mol. The zero-order valence-corrected chi connectivity index (χ0v) is 14.1. The summed E-state index contributed by atoms with van der Waals surface area (Å²) in [6.45, 7) is 9.76. The number of hydrogen-bond acceptors (Lipinski definition) is 3. The molecular weight excluding hydrogens is 266 g/mol. The lowest BCUT2D eigenvalue weighted by Gasteiger charge is -2.28. The Bertz CT molecular complexity index is 408. The van der Waals surface area contributed by atoms with Gasteiger partial charge in [0, 0.05) is 10.4 Å². The lowest BCUT2D eigenvalue weighted by atomic mass is 9.97. The van der Waals surface area contributed by atoms with Crippen LogP contribution in [-0.2, 0) is 0 Å². The smallest absolute Gasteiger partial charge is 0.0610 e. The van der Waals surface area contributed by atoms with Crippen molar-refractivity contribution in [3.05, 3.63) is 29.3 Å². The number of thioether (sulfide) groups is 1. The number of hydrogen-bond donors (Lipinski definition) is 2. The third-order valence-electron chi connectivity index (χ3n) is 3.62. The van der Waals surface area contributed by atoms with Crippen molar-refractivity contribution < 1.29 is 5.11 Å². The molecule has 3 heteroatoms. The Hall–Kier alpha value is -0.510. The molecule has 0 aliphatic rings. The van der Waals surface area contributed by atoms with Crippen LogP contribution in [0, 0.1) is 13.8 Å². The first-order valence-corrected chi connectivity index (χ1v) is 8.55. The van der Waals surface area contributed by atoms with Crippen LogP contribution in [0.5, 0.6) is 0 Å². The highest BCUT2D eigenvalue weighted by molar-refractivity contribution is 7.99. The Kier molecular flexibility index (Phi) is 7.63. The van der Waals surface area contributed by atoms with E-state index in [9.17, 15) is 5.11 Å². The van der Waals surface area contributed by atoms with Gasteiger partial charge in [-0.1, -0.05) is 24.6 Å². The number of rotatable bonds is 9. The molecule has 2 N–H and O–H groups in total. The first-order valence-electron chi connectivity index (χ1n) is 7.56. The van der Waals surface area contributed by atoms with Crippen LogP contribution in [-0.4, -0.2) is 29.5 Å². The van der Waals surface area contributed by atoms with Crippen molar-refractivity contribution in [3.8, 4) is 0 Å². The van der Waals surface area contributed by atoms with Gasteiger partial charge in [-0.15, -0.1) is 11.8 Å². The van der Waals surface area contributed by atoms with Crippen molar-refractivity contribution in [3.63, 3.8) is 0 Å². The summed E-state index contributed by atoms with van der Waals surface area (Å²) in [6.07, 6.45) is 3.24. The predicted octanol–water partition coefficient (Wildman–Crippen LogP) is 3.93. The summed E-state index contributed by atoms with van der Waals surface area (Å²) in [5, 5.41) is 13.0. The van der Waals surface area contributed by atoms with Crippen LogP contribution in [0.4, 0.5) is 0 Å². The van der Waals surface area contributed by atoms with Crippen molar-refractivity contribution >= 4 is 11.8 Å². The number of benzene rings is 1. The van der Waals surface area contributed by atoms with Crippen molar-refractivity contribution in [1.29, 1.82) is 0 Å². The van der Waals surface area contributed by atoms with Crippen LogP contribution < -0.4 is 5.32 Å². The number of aliphatic hydroxyl groups excluding tert-OH is 1. The fourth-order valence-electron chi connectivity index (χ4n) is 2.16. The number of aryl methyl sites for hydroxylation is 2. The van der Waals surface area contributed by atoms with Crippen molar-refractivity contribution in [1.82, 2.24) is 5.32 Å². The molecule has 0 saturated heterocycles. The predicted molar refractivity (Wildman–Crippen MR) is 89.7 cm³/mol. The van der Waals surface area contributed by atoms with Gasteiger partial charge < -0.3 is 10.4 Å². The minimum atomic E-state index is -0.127. The number of aliphatic hydroxyl groups is 1. The normalized spacial score (nSPS) is 14.2. The third kappa shape index (κ3) is 5.86. The van der Waals surface area contributed by atoms with Gasteiger partial charge >= 0.3 is 0 Å². The van der Waals surface area contributed by atoms with E-state index in [1.54, 1.807) is 0 Å². The van der Waals surface area contributed by atoms with E-state index in [0.29, 0.717) is 0 Å². The van der Waals surface area contributed by atoms with Crippen LogP contribution >= 0.6 is 11.8 Å². The summed E-state index contributed by atoms with van der Waals surface area (Å²) in [5.41, 5.74) is 2.55. The Labute approximate surface area is 128 Å². The SMILES string of the molecule is CCCNC(C)(CO)CCCSc1cc(C)ccc1C. The molecule has 0 amide bonds. The quantitative estimate of drug-likeness (QED) is 0.535. The average Bonchev–Trinajstić information content (AvgIpc) is 2.45. The van der Waals surface area contributed by atoms with Gasteiger partial charge in [-0.3, -0.25) is 0 Å². The van der Waals surface area contributed by atoms with Crippen LogP contribution in [0.15, 0.2) is 23.1 Å². The Morgan fingerprint density at radius 2 is 2.05 bits per heavy atom. The van der Waals surface area contributed by atoms with E-state index in [4.69, 9.17) is 0 Å². The summed E-state index contributed by atoms with van der Waals surface area (Å²) >= 11 is 1.93. The van der Waals surface area contributed by atoms with Crippen LogP contribution in [0.25, 0.3) is 0 Å². The van der Waals surface area contributed by atoms with Crippen LogP contribution in [0.2, 0.25) is 0 Å². The second kappa shape index (κ2) is 8.71. The van der Waals surface area contributed by atoms with Gasteiger partial charge in [-0.25, -0.2) is 0 Å². The fourth-order valence-corrected chi connectivity index (χ4v) is 3.23. The summed E-state index contributed by atoms with van der Waals surface area (Å²) in [4.78, 5) is 1.39. The highest BCUT2D eigenvalue weighted by Crippen LogP contribution is 2.25. The summed E-state index contributed by atoms with van der Waals surface area (Å²) in [7, 11) is 0. The molecule has 0 saturated carbocycles. The lowest BCUT2D eigenvalue weighted by molar-refractivity contribution is 0.165. The van der Waals surface area contributed by atoms with E-state index in [-0.39, 0.29) is 12.1 Å². The molecule has 0 fully saturated rings. The largest absolute Gasteiger partial charge is 0.394 e. The minimum absolute atomic E-state index is 0.127. The van der Waals surface area contributed by atoms with Crippen LogP contribution in [0.1, 0.15) is 44.2 Å². The molecule has 0 radical (unpaired) electrons. The standard InChI is InChI=1S/C17H29NOS/c1-5-10-18-17(4,13-19)9-6-11-20-16-12-14(2)7-8-15(16)3/h7-8,12,18-19H,5-6,9-11,13H2,1-4H3. The van der Waals surface area contributed by atoms with E-state index in [2.05, 4.69) is 51.2 Å². The molecule has 20 heavy (non-hydrogen) atoms. The molecule has 0 aliphatic heterocycles. The molecule has 0 spiro atoms. The average molecular weight is 295 g/mol. The van der Waals surface area contributed by atoms with Gasteiger partial charge in [0.15, 0.2) is 0 Å². The van der Waals surface area contributed by atoms with Crippen molar-refractivity contribution in [2.75, 3.05) is 18.9 Å². The zero-order chi connectivity index (χ0) is 15.0. The van der Waals surface area contributed by atoms with Gasteiger partial charge in [-0.05, 0) is 64.0 Å². The molecular formula is C17H29NOS. The number of nitrogens with one attached hydrogen (secondary N) is 1. The molecule has 1 aromatic carbocycles. The van der Waals surface area contributed by atoms with E-state index in [1.807, 2.05) is 11.8 Å². The zero-order valence-electron chi connectivity index (χ0n) is 13.3. The van der Waals surface area contributed by atoms with Crippen molar-refractivity contribution in [2.45, 2.75) is 57.4 Å². The third-order valence-corrected chi connectivity index (χ3v) is 4.87. The molecule has 114 valence electrons. The molecule has 1 rings (SSSR count). The fraction of sp³-hybridized carbons (Fsp3) is 0.647. The maximum atomic E-state index is 9.54. The maximum absolute atomic E-state index is 9.54. The van der Waals surface area contributed by atoms with Gasteiger partial charge in [0.25, 0.3) is 0 Å². The summed E-state index contributed by atoms with van der Waals surface area (Å²) in [5.74, 6) is 1.10. The highest BCUT2D eigenvalue weighted by atomic mass is 32.2. The molecule has 2 nitrogen and oxygen atoms in total. The first-order chi connectivity index (χ1) is 9.50. The Balaban J connectivity index is 2.38. The van der Waals surface area contributed by atoms with Gasteiger partial charge in [-0.2, -0.15) is 0 Å². The minimum Gasteiger partial charge on any atom is -0.394 e.